The molecule has 0 radical (unpaired) electrons. The van der Waals surface area contributed by atoms with Crippen LogP contribution < -0.4 is 9.47 Å². The van der Waals surface area contributed by atoms with Gasteiger partial charge in [0, 0.05) is 0 Å². The van der Waals surface area contributed by atoms with Gasteiger partial charge in [0.25, 0.3) is 0 Å². The Morgan fingerprint density at radius 2 is 1.39 bits per heavy atom. The van der Waals surface area contributed by atoms with Crippen LogP contribution in [0, 0.1) is 0 Å². The number of ether oxygens (including phenoxy) is 2. The van der Waals surface area contributed by atoms with Crippen molar-refractivity contribution in [2.75, 3.05) is 40.9 Å². The van der Waals surface area contributed by atoms with Crippen LogP contribution in [-0.2, 0) is 33.4 Å². The van der Waals surface area contributed by atoms with E-state index in [9.17, 15) is 0 Å². The summed E-state index contributed by atoms with van der Waals surface area (Å²) in [6.45, 7) is 9.24. The monoisotopic (exact) mass is 448 g/mol. The van der Waals surface area contributed by atoms with E-state index in [0.29, 0.717) is 13.2 Å². The summed E-state index contributed by atoms with van der Waals surface area (Å²) in [5, 5.41) is 0. The minimum atomic E-state index is -2.32. The van der Waals surface area contributed by atoms with Crippen molar-refractivity contribution in [1.29, 1.82) is 0 Å². The van der Waals surface area contributed by atoms with Crippen LogP contribution >= 0.6 is 6.83 Å². The van der Waals surface area contributed by atoms with Gasteiger partial charge in [-0.2, -0.15) is 0 Å². The average Bonchev–Trinajstić information content (AvgIpc) is 2.73. The Balaban J connectivity index is 2.10. The summed E-state index contributed by atoms with van der Waals surface area (Å²) < 4.78 is 29.2. The van der Waals surface area contributed by atoms with E-state index < -0.39 is 14.2 Å². The Labute approximate surface area is 188 Å². The van der Waals surface area contributed by atoms with Crippen molar-refractivity contribution in [2.24, 2.45) is 0 Å². The summed E-state index contributed by atoms with van der Waals surface area (Å²) in [5.74, 6) is 1.69. The van der Waals surface area contributed by atoms with Crippen LogP contribution in [0.5, 0.6) is 11.5 Å². The molecule has 0 aliphatic heterocycles. The summed E-state index contributed by atoms with van der Waals surface area (Å²) in [7, 11) is 2.61. The molecule has 2 aromatic carbocycles. The maximum atomic E-state index is 6.32. The SMILES string of the molecule is CCCCc1cc(OC)ccc1COB(OCc1ccc(OC)cc1)OP(C)(C)(C)C. The molecule has 0 unspecified atom stereocenters. The van der Waals surface area contributed by atoms with Crippen molar-refractivity contribution in [3.63, 3.8) is 0 Å². The standard InChI is InChI=1S/C24H38BO5P/c1-8-9-10-21-17-24(27-3)16-13-22(21)19-29-25(30-31(4,5,6)7)28-18-20-11-14-23(26-2)15-12-20/h11-17H,8-10,18-19H2,1-7H3. The first-order valence-corrected chi connectivity index (χ1v) is 14.8. The molecule has 7 heteroatoms. The Morgan fingerprint density at radius 1 is 0.774 bits per heavy atom. The number of benzene rings is 2. The molecule has 31 heavy (non-hydrogen) atoms. The molecule has 0 spiro atoms. The van der Waals surface area contributed by atoms with E-state index in [-0.39, 0.29) is 0 Å². The zero-order valence-electron chi connectivity index (χ0n) is 20.1. The minimum absolute atomic E-state index is 0.395. The van der Waals surface area contributed by atoms with E-state index in [4.69, 9.17) is 23.2 Å². The Morgan fingerprint density at radius 3 is 1.97 bits per heavy atom. The number of hydrogen-bond acceptors (Lipinski definition) is 5. The van der Waals surface area contributed by atoms with Crippen molar-refractivity contribution in [3.8, 4) is 11.5 Å². The second-order valence-corrected chi connectivity index (χ2v) is 16.6. The molecule has 0 heterocycles. The van der Waals surface area contributed by atoms with Crippen molar-refractivity contribution >= 4 is 14.2 Å². The van der Waals surface area contributed by atoms with Crippen molar-refractivity contribution in [3.05, 3.63) is 59.2 Å². The van der Waals surface area contributed by atoms with E-state index in [1.807, 2.05) is 30.3 Å². The molecule has 0 N–H and O–H groups in total. The fraction of sp³-hybridized carbons (Fsp3) is 0.500. The second-order valence-electron chi connectivity index (χ2n) is 9.52. The quantitative estimate of drug-likeness (QED) is 0.288. The van der Waals surface area contributed by atoms with E-state index in [1.165, 1.54) is 5.56 Å². The first kappa shape index (κ1) is 25.7. The summed E-state index contributed by atoms with van der Waals surface area (Å²) in [6.07, 6.45) is 3.26. The van der Waals surface area contributed by atoms with Crippen LogP contribution in [0.2, 0.25) is 0 Å². The molecule has 0 saturated heterocycles. The molecule has 2 rings (SSSR count). The first-order chi connectivity index (χ1) is 14.6. The van der Waals surface area contributed by atoms with Gasteiger partial charge in [-0.15, -0.1) is 0 Å². The molecule has 0 aliphatic rings. The number of hydrogen-bond donors (Lipinski definition) is 0. The van der Waals surface area contributed by atoms with Crippen molar-refractivity contribution in [2.45, 2.75) is 39.4 Å². The summed E-state index contributed by atoms with van der Waals surface area (Å²) in [5.41, 5.74) is 3.41. The first-order valence-electron chi connectivity index (χ1n) is 10.8. The molecule has 172 valence electrons. The summed E-state index contributed by atoms with van der Waals surface area (Å²) in [6, 6.07) is 14.0. The predicted molar refractivity (Wildman–Crippen MR) is 132 cm³/mol. The van der Waals surface area contributed by atoms with Gasteiger partial charge in [0.05, 0.1) is 0 Å². The Hall–Kier alpha value is -1.59. The van der Waals surface area contributed by atoms with Gasteiger partial charge < -0.3 is 0 Å². The number of methoxy groups -OCH3 is 2. The number of aryl methyl sites for hydroxylation is 1. The Kier molecular flexibility index (Phi) is 9.38. The third kappa shape index (κ3) is 9.61. The van der Waals surface area contributed by atoms with Gasteiger partial charge in [-0.25, -0.2) is 0 Å². The van der Waals surface area contributed by atoms with E-state index >= 15 is 0 Å². The topological polar surface area (TPSA) is 46.2 Å². The maximum absolute atomic E-state index is 6.32. The molecule has 0 saturated carbocycles. The third-order valence-corrected chi connectivity index (χ3v) is 5.66. The van der Waals surface area contributed by atoms with Gasteiger partial charge in [0.2, 0.25) is 0 Å². The second kappa shape index (κ2) is 11.3. The van der Waals surface area contributed by atoms with Gasteiger partial charge in [0.1, 0.15) is 0 Å². The van der Waals surface area contributed by atoms with Crippen LogP contribution in [0.25, 0.3) is 0 Å². The van der Waals surface area contributed by atoms with Crippen LogP contribution in [0.4, 0.5) is 0 Å². The van der Waals surface area contributed by atoms with Crippen LogP contribution in [0.15, 0.2) is 42.5 Å². The van der Waals surface area contributed by atoms with E-state index in [1.54, 1.807) is 14.2 Å². The van der Waals surface area contributed by atoms with Gasteiger partial charge in [0.15, 0.2) is 0 Å². The molecule has 0 bridgehead atoms. The molecule has 2 aromatic rings. The van der Waals surface area contributed by atoms with Gasteiger partial charge >= 0.3 is 188 Å². The van der Waals surface area contributed by atoms with Gasteiger partial charge in [-0.05, 0) is 0 Å². The number of rotatable bonds is 13. The summed E-state index contributed by atoms with van der Waals surface area (Å²) >= 11 is 0. The van der Waals surface area contributed by atoms with E-state index in [0.717, 1.165) is 41.9 Å². The molecule has 0 amide bonds. The molecule has 5 nitrogen and oxygen atoms in total. The molecule has 0 aliphatic carbocycles. The molecular weight excluding hydrogens is 410 g/mol. The predicted octanol–water partition coefficient (Wildman–Crippen LogP) is 5.77. The summed E-state index contributed by atoms with van der Waals surface area (Å²) in [4.78, 5) is 0. The zero-order valence-corrected chi connectivity index (χ0v) is 21.0. The molecule has 0 fully saturated rings. The number of unbranched alkanes of at least 4 members (excludes halogenated alkanes) is 1. The van der Waals surface area contributed by atoms with Crippen LogP contribution in [0.3, 0.4) is 0 Å². The van der Waals surface area contributed by atoms with Crippen molar-refractivity contribution in [1.82, 2.24) is 0 Å². The van der Waals surface area contributed by atoms with Crippen LogP contribution in [-0.4, -0.2) is 48.2 Å². The normalized spacial score (nSPS) is 12.8. The fourth-order valence-electron chi connectivity index (χ4n) is 2.97. The fourth-order valence-corrected chi connectivity index (χ4v) is 3.78. The van der Waals surface area contributed by atoms with Crippen molar-refractivity contribution < 1.29 is 23.2 Å². The third-order valence-electron chi connectivity index (χ3n) is 4.64. The zero-order chi connectivity index (χ0) is 22.9. The average molecular weight is 448 g/mol. The van der Waals surface area contributed by atoms with Gasteiger partial charge in [-0.3, -0.25) is 0 Å². The molecule has 0 aromatic heterocycles. The Bertz CT molecular complexity index is 808. The molecule has 0 atom stereocenters. The van der Waals surface area contributed by atoms with Crippen LogP contribution in [0.1, 0.15) is 36.5 Å². The van der Waals surface area contributed by atoms with Gasteiger partial charge in [-0.1, -0.05) is 0 Å². The molecular formula is C24H38BO5P. The van der Waals surface area contributed by atoms with E-state index in [2.05, 4.69) is 45.7 Å².